The third-order valence-electron chi connectivity index (χ3n) is 8.07. The van der Waals surface area contributed by atoms with Crippen molar-refractivity contribution in [3.05, 3.63) is 52.9 Å². The van der Waals surface area contributed by atoms with Gasteiger partial charge in [0, 0.05) is 38.6 Å². The number of amides is 2. The molecule has 3 fully saturated rings. The number of nitrogens with one attached hydrogen (secondary N) is 1. The van der Waals surface area contributed by atoms with Crippen LogP contribution in [0.25, 0.3) is 0 Å². The molecular weight excluding hydrogens is 428 g/mol. The zero-order chi connectivity index (χ0) is 23.7. The zero-order valence-electron chi connectivity index (χ0n) is 20.3. The Balaban J connectivity index is 1.16. The van der Waals surface area contributed by atoms with E-state index in [0.29, 0.717) is 28.9 Å². The van der Waals surface area contributed by atoms with Crippen LogP contribution in [-0.2, 0) is 4.79 Å². The van der Waals surface area contributed by atoms with Crippen LogP contribution in [0.2, 0.25) is 0 Å². The number of aryl methyl sites for hydroxylation is 2. The quantitative estimate of drug-likeness (QED) is 0.676. The Kier molecular flexibility index (Phi) is 6.73. The molecule has 2 aliphatic heterocycles. The van der Waals surface area contributed by atoms with Gasteiger partial charge in [-0.05, 0) is 50.5 Å². The van der Waals surface area contributed by atoms with E-state index in [9.17, 15) is 9.59 Å². The molecule has 182 valence electrons. The number of aromatic nitrogens is 1. The van der Waals surface area contributed by atoms with Crippen molar-refractivity contribution >= 4 is 11.8 Å². The van der Waals surface area contributed by atoms with E-state index in [1.165, 1.54) is 18.4 Å². The molecule has 0 unspecified atom stereocenters. The first-order valence-corrected chi connectivity index (χ1v) is 12.8. The highest BCUT2D eigenvalue weighted by Crippen LogP contribution is 2.33. The fourth-order valence-electron chi connectivity index (χ4n) is 6.18. The molecule has 0 spiro atoms. The molecule has 34 heavy (non-hydrogen) atoms. The molecule has 0 radical (unpaired) electrons. The number of likely N-dealkylation sites (tertiary alicyclic amines) is 2. The normalized spacial score (nSPS) is 23.9. The van der Waals surface area contributed by atoms with Gasteiger partial charge in [0.05, 0.1) is 11.7 Å². The molecule has 3 aliphatic rings. The molecule has 3 heterocycles. The van der Waals surface area contributed by atoms with Gasteiger partial charge in [0.25, 0.3) is 5.91 Å². The lowest BCUT2D eigenvalue weighted by atomic mass is 10.0. The molecule has 7 heteroatoms. The second-order valence-corrected chi connectivity index (χ2v) is 10.4. The number of carbonyl (C=O) groups excluding carboxylic acids is 2. The Bertz CT molecular complexity index is 981. The van der Waals surface area contributed by atoms with Crippen molar-refractivity contribution in [2.75, 3.05) is 32.7 Å². The minimum Gasteiger partial charge on any atom is -0.361 e. The Labute approximate surface area is 201 Å². The second-order valence-electron chi connectivity index (χ2n) is 10.4. The van der Waals surface area contributed by atoms with Gasteiger partial charge >= 0.3 is 0 Å². The summed E-state index contributed by atoms with van der Waals surface area (Å²) in [6.45, 7) is 8.20. The highest BCUT2D eigenvalue weighted by Gasteiger charge is 2.42. The monoisotopic (exact) mass is 464 g/mol. The van der Waals surface area contributed by atoms with Crippen LogP contribution in [0.4, 0.5) is 0 Å². The summed E-state index contributed by atoms with van der Waals surface area (Å²) in [5.74, 6) is 2.07. The number of fused-ring (bicyclic) bond motifs is 1. The summed E-state index contributed by atoms with van der Waals surface area (Å²) in [7, 11) is 0. The van der Waals surface area contributed by atoms with Crippen LogP contribution < -0.4 is 5.32 Å². The summed E-state index contributed by atoms with van der Waals surface area (Å²) in [5, 5.41) is 7.31. The van der Waals surface area contributed by atoms with Gasteiger partial charge in [0.1, 0.15) is 11.3 Å². The van der Waals surface area contributed by atoms with Crippen molar-refractivity contribution in [2.24, 2.45) is 17.8 Å². The lowest BCUT2D eigenvalue weighted by Gasteiger charge is -2.25. The van der Waals surface area contributed by atoms with Crippen molar-refractivity contribution in [2.45, 2.75) is 52.0 Å². The maximum Gasteiger partial charge on any atom is 0.259 e. The Morgan fingerprint density at radius 2 is 1.74 bits per heavy atom. The van der Waals surface area contributed by atoms with Crippen LogP contribution in [0.5, 0.6) is 0 Å². The first-order chi connectivity index (χ1) is 16.5. The molecule has 3 atom stereocenters. The molecule has 1 saturated carbocycles. The molecule has 2 saturated heterocycles. The molecule has 1 aromatic carbocycles. The minimum absolute atomic E-state index is 0.0485. The molecule has 7 nitrogen and oxygen atoms in total. The first-order valence-electron chi connectivity index (χ1n) is 12.8. The van der Waals surface area contributed by atoms with Crippen LogP contribution in [0.1, 0.15) is 65.5 Å². The molecule has 0 bridgehead atoms. The SMILES string of the molecule is Cc1noc(C)c1C(=O)N1C[C@H]2CN(CC[C@H](NC(=O)C3CCCC3)c3ccccc3)C[C@H]2C1. The van der Waals surface area contributed by atoms with Crippen molar-refractivity contribution in [3.63, 3.8) is 0 Å². The number of hydrogen-bond donors (Lipinski definition) is 1. The van der Waals surface area contributed by atoms with E-state index in [4.69, 9.17) is 4.52 Å². The van der Waals surface area contributed by atoms with Crippen molar-refractivity contribution in [1.82, 2.24) is 20.3 Å². The molecule has 1 aliphatic carbocycles. The average Bonchev–Trinajstić information content (AvgIpc) is 3.61. The minimum atomic E-state index is 0.0485. The van der Waals surface area contributed by atoms with Gasteiger partial charge in [0.2, 0.25) is 5.91 Å². The summed E-state index contributed by atoms with van der Waals surface area (Å²) in [5.41, 5.74) is 2.48. The first kappa shape index (κ1) is 23.1. The van der Waals surface area contributed by atoms with Gasteiger partial charge in [-0.25, -0.2) is 0 Å². The van der Waals surface area contributed by atoms with Crippen molar-refractivity contribution in [1.29, 1.82) is 0 Å². The third-order valence-corrected chi connectivity index (χ3v) is 8.07. The van der Waals surface area contributed by atoms with Gasteiger partial charge in [-0.1, -0.05) is 48.3 Å². The van der Waals surface area contributed by atoms with Gasteiger partial charge in [-0.15, -0.1) is 0 Å². The van der Waals surface area contributed by atoms with Crippen LogP contribution in [-0.4, -0.2) is 59.5 Å². The molecule has 1 N–H and O–H groups in total. The molecular formula is C27H36N4O3. The highest BCUT2D eigenvalue weighted by atomic mass is 16.5. The number of rotatable bonds is 7. The van der Waals surface area contributed by atoms with Gasteiger partial charge < -0.3 is 19.6 Å². The van der Waals surface area contributed by atoms with E-state index in [1.54, 1.807) is 6.92 Å². The van der Waals surface area contributed by atoms with Crippen LogP contribution in [0, 0.1) is 31.6 Å². The summed E-state index contributed by atoms with van der Waals surface area (Å²) >= 11 is 0. The van der Waals surface area contributed by atoms with E-state index < -0.39 is 0 Å². The summed E-state index contributed by atoms with van der Waals surface area (Å²) in [4.78, 5) is 30.4. The maximum atomic E-state index is 13.0. The van der Waals surface area contributed by atoms with E-state index in [-0.39, 0.29) is 23.8 Å². The lowest BCUT2D eigenvalue weighted by Crippen LogP contribution is -2.36. The largest absolute Gasteiger partial charge is 0.361 e. The van der Waals surface area contributed by atoms with E-state index in [1.807, 2.05) is 17.9 Å². The number of hydrogen-bond acceptors (Lipinski definition) is 5. The second kappa shape index (κ2) is 9.90. The third kappa shape index (κ3) is 4.76. The fraction of sp³-hybridized carbons (Fsp3) is 0.593. The summed E-state index contributed by atoms with van der Waals surface area (Å²) in [6, 6.07) is 10.4. The van der Waals surface area contributed by atoms with E-state index in [2.05, 4.69) is 39.6 Å². The highest BCUT2D eigenvalue weighted by molar-refractivity contribution is 5.96. The average molecular weight is 465 g/mol. The lowest BCUT2D eigenvalue weighted by molar-refractivity contribution is -0.125. The number of carbonyl (C=O) groups is 2. The predicted molar refractivity (Wildman–Crippen MR) is 129 cm³/mol. The number of nitrogens with zero attached hydrogens (tertiary/aromatic N) is 3. The maximum absolute atomic E-state index is 13.0. The van der Waals surface area contributed by atoms with Crippen molar-refractivity contribution < 1.29 is 14.1 Å². The fourth-order valence-corrected chi connectivity index (χ4v) is 6.18. The Morgan fingerprint density at radius 1 is 1.06 bits per heavy atom. The van der Waals surface area contributed by atoms with Gasteiger partial charge in [0.15, 0.2) is 0 Å². The van der Waals surface area contributed by atoms with Crippen LogP contribution in [0.3, 0.4) is 0 Å². The summed E-state index contributed by atoms with van der Waals surface area (Å²) in [6.07, 6.45) is 5.28. The Hall–Kier alpha value is -2.67. The molecule has 2 amide bonds. The predicted octanol–water partition coefficient (Wildman–Crippen LogP) is 3.73. The van der Waals surface area contributed by atoms with Crippen LogP contribution >= 0.6 is 0 Å². The topological polar surface area (TPSA) is 78.7 Å². The zero-order valence-corrected chi connectivity index (χ0v) is 20.3. The smallest absolute Gasteiger partial charge is 0.259 e. The van der Waals surface area contributed by atoms with Crippen molar-refractivity contribution in [3.8, 4) is 0 Å². The molecule has 5 rings (SSSR count). The Morgan fingerprint density at radius 3 is 2.35 bits per heavy atom. The van der Waals surface area contributed by atoms with E-state index in [0.717, 1.165) is 52.0 Å². The van der Waals surface area contributed by atoms with Crippen LogP contribution in [0.15, 0.2) is 34.9 Å². The van der Waals surface area contributed by atoms with Gasteiger partial charge in [-0.2, -0.15) is 0 Å². The standard InChI is InChI=1S/C27H36N4O3/c1-18-25(19(2)34-29-18)27(33)31-16-22-14-30(15-23(22)17-31)13-12-24(20-8-4-3-5-9-20)28-26(32)21-10-6-7-11-21/h3-5,8-9,21-24H,6-7,10-17H2,1-2H3,(H,28,32)/t22-,23+,24-/m0/s1. The van der Waals surface area contributed by atoms with Gasteiger partial charge in [-0.3, -0.25) is 9.59 Å². The molecule has 2 aromatic rings. The molecule has 1 aromatic heterocycles. The number of benzene rings is 1. The summed E-state index contributed by atoms with van der Waals surface area (Å²) < 4.78 is 5.20. The van der Waals surface area contributed by atoms with E-state index >= 15 is 0 Å².